The van der Waals surface area contributed by atoms with Crippen LogP contribution in [-0.4, -0.2) is 18.6 Å². The van der Waals surface area contributed by atoms with Gasteiger partial charge in [-0.1, -0.05) is 6.07 Å². The van der Waals surface area contributed by atoms with Crippen LogP contribution in [-0.2, 0) is 9.84 Å². The van der Waals surface area contributed by atoms with Crippen molar-refractivity contribution in [3.8, 4) is 11.5 Å². The zero-order chi connectivity index (χ0) is 15.1. The van der Waals surface area contributed by atoms with Gasteiger partial charge in [0.25, 0.3) is 0 Å². The van der Waals surface area contributed by atoms with E-state index in [1.54, 1.807) is 26.8 Å². The van der Waals surface area contributed by atoms with Crippen LogP contribution in [0.2, 0.25) is 0 Å². The van der Waals surface area contributed by atoms with E-state index in [4.69, 9.17) is 0 Å². The number of hydrogen-bond donors (Lipinski definition) is 2. The topological polar surface area (TPSA) is 74.6 Å². The lowest BCUT2D eigenvalue weighted by molar-refractivity contribution is 0.467. The number of rotatable bonds is 2. The van der Waals surface area contributed by atoms with Crippen LogP contribution in [0.25, 0.3) is 0 Å². The molecule has 2 N–H and O–H groups in total. The molecular weight excluding hydrogens is 276 g/mol. The minimum Gasteiger partial charge on any atom is -0.508 e. The van der Waals surface area contributed by atoms with Gasteiger partial charge in [-0.05, 0) is 56.2 Å². The summed E-state index contributed by atoms with van der Waals surface area (Å²) in [7, 11) is -3.73. The van der Waals surface area contributed by atoms with Crippen molar-refractivity contribution >= 4 is 9.84 Å². The fourth-order valence-corrected chi connectivity index (χ4v) is 3.96. The van der Waals surface area contributed by atoms with E-state index in [9.17, 15) is 18.6 Å². The van der Waals surface area contributed by atoms with Crippen LogP contribution >= 0.6 is 0 Å². The highest BCUT2D eigenvalue weighted by Gasteiger charge is 2.24. The van der Waals surface area contributed by atoms with Crippen molar-refractivity contribution in [3.05, 3.63) is 47.0 Å². The van der Waals surface area contributed by atoms with Gasteiger partial charge in [-0.3, -0.25) is 0 Å². The molecule has 0 atom stereocenters. The van der Waals surface area contributed by atoms with E-state index in [1.807, 2.05) is 0 Å². The van der Waals surface area contributed by atoms with Crippen molar-refractivity contribution in [2.75, 3.05) is 0 Å². The molecule has 0 aromatic heterocycles. The Morgan fingerprint density at radius 3 is 2.05 bits per heavy atom. The molecule has 0 aliphatic carbocycles. The Hall–Kier alpha value is -2.01. The minimum absolute atomic E-state index is 0.0494. The fraction of sp³-hybridized carbons (Fsp3) is 0.200. The summed E-state index contributed by atoms with van der Waals surface area (Å²) < 4.78 is 25.4. The van der Waals surface area contributed by atoms with Crippen molar-refractivity contribution < 1.29 is 18.6 Å². The number of benzene rings is 2. The second kappa shape index (κ2) is 4.83. The van der Waals surface area contributed by atoms with Crippen molar-refractivity contribution in [2.45, 2.75) is 30.6 Å². The number of phenolic OH excluding ortho intramolecular Hbond substituents is 2. The zero-order valence-corrected chi connectivity index (χ0v) is 12.3. The summed E-state index contributed by atoms with van der Waals surface area (Å²) >= 11 is 0. The Labute approximate surface area is 118 Å². The molecule has 4 nitrogen and oxygen atoms in total. The molecule has 2 aromatic carbocycles. The second-order valence-electron chi connectivity index (χ2n) is 4.81. The third kappa shape index (κ3) is 2.25. The molecular formula is C15H16O4S. The first-order valence-electron chi connectivity index (χ1n) is 6.09. The molecule has 0 aliphatic heterocycles. The quantitative estimate of drug-likeness (QED) is 0.892. The second-order valence-corrected chi connectivity index (χ2v) is 6.69. The van der Waals surface area contributed by atoms with Gasteiger partial charge in [0.05, 0.1) is 9.79 Å². The van der Waals surface area contributed by atoms with Crippen LogP contribution in [0.5, 0.6) is 11.5 Å². The third-order valence-corrected chi connectivity index (χ3v) is 5.36. The van der Waals surface area contributed by atoms with E-state index in [2.05, 4.69) is 0 Å². The highest BCUT2D eigenvalue weighted by atomic mass is 32.2. The summed E-state index contributed by atoms with van der Waals surface area (Å²) in [6.07, 6.45) is 0. The zero-order valence-electron chi connectivity index (χ0n) is 11.5. The Balaban J connectivity index is 2.73. The van der Waals surface area contributed by atoms with Gasteiger partial charge in [0.15, 0.2) is 0 Å². The van der Waals surface area contributed by atoms with E-state index < -0.39 is 9.84 Å². The van der Waals surface area contributed by atoms with Crippen LogP contribution in [0, 0.1) is 20.8 Å². The van der Waals surface area contributed by atoms with Crippen LogP contribution < -0.4 is 0 Å². The highest BCUT2D eigenvalue weighted by molar-refractivity contribution is 7.91. The van der Waals surface area contributed by atoms with Gasteiger partial charge >= 0.3 is 0 Å². The average molecular weight is 292 g/mol. The largest absolute Gasteiger partial charge is 0.508 e. The minimum atomic E-state index is -3.73. The first-order valence-corrected chi connectivity index (χ1v) is 7.57. The molecule has 0 fully saturated rings. The molecule has 0 saturated heterocycles. The summed E-state index contributed by atoms with van der Waals surface area (Å²) in [6.45, 7) is 4.89. The van der Waals surface area contributed by atoms with E-state index in [1.165, 1.54) is 24.3 Å². The maximum atomic E-state index is 12.7. The van der Waals surface area contributed by atoms with Crippen molar-refractivity contribution in [1.82, 2.24) is 0 Å². The number of sulfone groups is 1. The number of aromatic hydroxyl groups is 2. The Kier molecular flexibility index (Phi) is 3.48. The van der Waals surface area contributed by atoms with Gasteiger partial charge in [-0.2, -0.15) is 0 Å². The lowest BCUT2D eigenvalue weighted by Crippen LogP contribution is -2.07. The molecule has 0 aliphatic rings. The SMILES string of the molecule is Cc1cc(S(=O)(=O)c2c(C)ccc(O)c2C)ccc1O. The molecule has 0 heterocycles. The van der Waals surface area contributed by atoms with E-state index in [-0.39, 0.29) is 21.3 Å². The Morgan fingerprint density at radius 1 is 0.850 bits per heavy atom. The lowest BCUT2D eigenvalue weighted by Gasteiger charge is -2.13. The van der Waals surface area contributed by atoms with E-state index in [0.717, 1.165) is 0 Å². The fourth-order valence-electron chi connectivity index (χ4n) is 2.14. The third-order valence-electron chi connectivity index (χ3n) is 3.32. The molecule has 0 unspecified atom stereocenters. The van der Waals surface area contributed by atoms with Gasteiger partial charge in [0.1, 0.15) is 11.5 Å². The maximum Gasteiger partial charge on any atom is 0.207 e. The smallest absolute Gasteiger partial charge is 0.207 e. The summed E-state index contributed by atoms with van der Waals surface area (Å²) in [5, 5.41) is 19.2. The van der Waals surface area contributed by atoms with Crippen LogP contribution in [0.15, 0.2) is 40.1 Å². The van der Waals surface area contributed by atoms with Gasteiger partial charge in [-0.25, -0.2) is 8.42 Å². The Bertz CT molecular complexity index is 777. The van der Waals surface area contributed by atoms with Crippen molar-refractivity contribution in [1.29, 1.82) is 0 Å². The van der Waals surface area contributed by atoms with E-state index in [0.29, 0.717) is 16.7 Å². The summed E-state index contributed by atoms with van der Waals surface area (Å²) in [6, 6.07) is 7.19. The van der Waals surface area contributed by atoms with Crippen LogP contribution in [0.4, 0.5) is 0 Å². The lowest BCUT2D eigenvalue weighted by atomic mass is 10.1. The highest BCUT2D eigenvalue weighted by Crippen LogP contribution is 2.33. The molecule has 0 amide bonds. The molecule has 0 spiro atoms. The predicted molar refractivity (Wildman–Crippen MR) is 75.9 cm³/mol. The van der Waals surface area contributed by atoms with Gasteiger partial charge in [0, 0.05) is 5.56 Å². The van der Waals surface area contributed by atoms with Crippen molar-refractivity contribution in [3.63, 3.8) is 0 Å². The summed E-state index contributed by atoms with van der Waals surface area (Å²) in [5.41, 5.74) is 1.39. The molecule has 5 heteroatoms. The standard InChI is InChI=1S/C15H16O4S/c1-9-4-6-14(17)11(3)15(9)20(18,19)12-5-7-13(16)10(2)8-12/h4-8,16-17H,1-3H3. The Morgan fingerprint density at radius 2 is 1.45 bits per heavy atom. The number of hydrogen-bond acceptors (Lipinski definition) is 4. The number of phenols is 2. The first-order chi connectivity index (χ1) is 9.25. The first kappa shape index (κ1) is 14.4. The van der Waals surface area contributed by atoms with Crippen molar-refractivity contribution in [2.24, 2.45) is 0 Å². The molecule has 106 valence electrons. The van der Waals surface area contributed by atoms with Gasteiger partial charge in [0.2, 0.25) is 9.84 Å². The molecule has 20 heavy (non-hydrogen) atoms. The average Bonchev–Trinajstić information content (AvgIpc) is 2.37. The normalized spacial score (nSPS) is 11.6. The molecule has 0 bridgehead atoms. The monoisotopic (exact) mass is 292 g/mol. The molecule has 2 aromatic rings. The molecule has 2 rings (SSSR count). The van der Waals surface area contributed by atoms with E-state index >= 15 is 0 Å². The van der Waals surface area contributed by atoms with Crippen LogP contribution in [0.1, 0.15) is 16.7 Å². The predicted octanol–water partition coefficient (Wildman–Crippen LogP) is 2.86. The van der Waals surface area contributed by atoms with Gasteiger partial charge in [-0.15, -0.1) is 0 Å². The molecule has 0 radical (unpaired) electrons. The van der Waals surface area contributed by atoms with Crippen LogP contribution in [0.3, 0.4) is 0 Å². The summed E-state index contributed by atoms with van der Waals surface area (Å²) in [4.78, 5) is 0.215. The maximum absolute atomic E-state index is 12.7. The van der Waals surface area contributed by atoms with Gasteiger partial charge < -0.3 is 10.2 Å². The summed E-state index contributed by atoms with van der Waals surface area (Å²) in [5.74, 6) is -0.00187. The number of aryl methyl sites for hydroxylation is 2. The molecule has 0 saturated carbocycles.